The summed E-state index contributed by atoms with van der Waals surface area (Å²) in [7, 11) is 1.58. The van der Waals surface area contributed by atoms with Crippen LogP contribution in [0.2, 0.25) is 0 Å². The van der Waals surface area contributed by atoms with Gasteiger partial charge in [0, 0.05) is 11.2 Å². The number of hydrogen-bond acceptors (Lipinski definition) is 4. The maximum Gasteiger partial charge on any atom is 0.241 e. The molecule has 3 N–H and O–H groups in total. The Labute approximate surface area is 126 Å². The molecule has 116 valence electrons. The lowest BCUT2D eigenvalue weighted by Crippen LogP contribution is -2.49. The summed E-state index contributed by atoms with van der Waals surface area (Å²) in [6.07, 6.45) is 2.25. The number of nitrogen functional groups attached to an aromatic ring is 1. The van der Waals surface area contributed by atoms with Crippen LogP contribution in [-0.4, -0.2) is 36.0 Å². The Morgan fingerprint density at radius 1 is 1.48 bits per heavy atom. The van der Waals surface area contributed by atoms with Crippen molar-refractivity contribution < 1.29 is 9.53 Å². The third kappa shape index (κ3) is 3.29. The number of carbonyl (C=O) groups excluding carboxylic acids is 1. The topological polar surface area (TPSA) is 67.6 Å². The molecule has 1 atom stereocenters. The SMILES string of the molecule is COc1ccc(N)cc1NC(=O)C(C)N1CCCC1(C)C. The van der Waals surface area contributed by atoms with Crippen molar-refractivity contribution in [2.45, 2.75) is 45.2 Å². The molecule has 5 heteroatoms. The minimum atomic E-state index is -0.186. The molecule has 0 aliphatic carbocycles. The highest BCUT2D eigenvalue weighted by Gasteiger charge is 2.37. The van der Waals surface area contributed by atoms with Crippen LogP contribution >= 0.6 is 0 Å². The van der Waals surface area contributed by atoms with Crippen LogP contribution in [0.4, 0.5) is 11.4 Å². The summed E-state index contributed by atoms with van der Waals surface area (Å²) in [4.78, 5) is 14.8. The minimum Gasteiger partial charge on any atom is -0.495 e. The summed E-state index contributed by atoms with van der Waals surface area (Å²) in [5, 5.41) is 2.93. The highest BCUT2D eigenvalue weighted by molar-refractivity contribution is 5.96. The number of ether oxygens (including phenoxy) is 1. The van der Waals surface area contributed by atoms with Crippen LogP contribution in [0.5, 0.6) is 5.75 Å². The summed E-state index contributed by atoms with van der Waals surface area (Å²) in [5.41, 5.74) is 7.06. The van der Waals surface area contributed by atoms with Crippen LogP contribution in [0.15, 0.2) is 18.2 Å². The number of benzene rings is 1. The third-order valence-electron chi connectivity index (χ3n) is 4.29. The van der Waals surface area contributed by atoms with Crippen LogP contribution < -0.4 is 15.8 Å². The van der Waals surface area contributed by atoms with E-state index in [4.69, 9.17) is 10.5 Å². The molecule has 21 heavy (non-hydrogen) atoms. The first-order valence-electron chi connectivity index (χ1n) is 7.36. The Bertz CT molecular complexity index is 528. The van der Waals surface area contributed by atoms with Gasteiger partial charge in [-0.15, -0.1) is 0 Å². The molecule has 1 aromatic rings. The molecular weight excluding hydrogens is 266 g/mol. The maximum atomic E-state index is 12.5. The zero-order chi connectivity index (χ0) is 15.6. The number of hydrogen-bond donors (Lipinski definition) is 2. The van der Waals surface area contributed by atoms with Gasteiger partial charge in [0.05, 0.1) is 18.8 Å². The smallest absolute Gasteiger partial charge is 0.241 e. The predicted octanol–water partition coefficient (Wildman–Crippen LogP) is 2.48. The largest absolute Gasteiger partial charge is 0.495 e. The van der Waals surface area contributed by atoms with Gasteiger partial charge in [0.15, 0.2) is 0 Å². The van der Waals surface area contributed by atoms with Crippen molar-refractivity contribution in [2.24, 2.45) is 0 Å². The van der Waals surface area contributed by atoms with Crippen molar-refractivity contribution >= 4 is 17.3 Å². The van der Waals surface area contributed by atoms with Gasteiger partial charge < -0.3 is 15.8 Å². The Balaban J connectivity index is 2.13. The second kappa shape index (κ2) is 5.93. The first kappa shape index (κ1) is 15.6. The number of rotatable bonds is 4. The van der Waals surface area contributed by atoms with Crippen LogP contribution in [0, 0.1) is 0 Å². The van der Waals surface area contributed by atoms with Crippen molar-refractivity contribution in [3.05, 3.63) is 18.2 Å². The lowest BCUT2D eigenvalue weighted by Gasteiger charge is -2.35. The molecule has 0 radical (unpaired) electrons. The Morgan fingerprint density at radius 2 is 2.19 bits per heavy atom. The van der Waals surface area contributed by atoms with E-state index in [1.165, 1.54) is 0 Å². The zero-order valence-corrected chi connectivity index (χ0v) is 13.3. The van der Waals surface area contributed by atoms with Crippen molar-refractivity contribution in [3.8, 4) is 5.75 Å². The Hall–Kier alpha value is -1.75. The van der Waals surface area contributed by atoms with Gasteiger partial charge in [-0.05, 0) is 58.4 Å². The maximum absolute atomic E-state index is 12.5. The minimum absolute atomic E-state index is 0.0334. The fraction of sp³-hybridized carbons (Fsp3) is 0.562. The average Bonchev–Trinajstić information content (AvgIpc) is 2.77. The summed E-state index contributed by atoms with van der Waals surface area (Å²) in [5.74, 6) is 0.583. The normalized spacial score (nSPS) is 19.2. The number of methoxy groups -OCH3 is 1. The van der Waals surface area contributed by atoms with Gasteiger partial charge in [-0.25, -0.2) is 0 Å². The molecule has 1 heterocycles. The second-order valence-corrected chi connectivity index (χ2v) is 6.23. The van der Waals surface area contributed by atoms with Crippen molar-refractivity contribution in [1.82, 2.24) is 4.90 Å². The van der Waals surface area contributed by atoms with E-state index in [1.807, 2.05) is 6.92 Å². The first-order chi connectivity index (χ1) is 9.85. The molecule has 1 aliphatic rings. The number of anilines is 2. The molecule has 1 aromatic carbocycles. The van der Waals surface area contributed by atoms with Gasteiger partial charge in [-0.3, -0.25) is 9.69 Å². The molecule has 1 fully saturated rings. The van der Waals surface area contributed by atoms with Crippen molar-refractivity contribution in [1.29, 1.82) is 0 Å². The summed E-state index contributed by atoms with van der Waals surface area (Å²) in [6, 6.07) is 5.05. The van der Waals surface area contributed by atoms with Crippen molar-refractivity contribution in [3.63, 3.8) is 0 Å². The number of amides is 1. The number of nitrogens with two attached hydrogens (primary N) is 1. The van der Waals surface area contributed by atoms with Crippen molar-refractivity contribution in [2.75, 3.05) is 24.7 Å². The molecule has 0 spiro atoms. The highest BCUT2D eigenvalue weighted by atomic mass is 16.5. The molecule has 1 saturated heterocycles. The molecule has 1 aliphatic heterocycles. The van der Waals surface area contributed by atoms with E-state index in [0.29, 0.717) is 17.1 Å². The van der Waals surface area contributed by atoms with E-state index in [0.717, 1.165) is 19.4 Å². The Kier molecular flexibility index (Phi) is 4.42. The van der Waals surface area contributed by atoms with Gasteiger partial charge in [-0.1, -0.05) is 0 Å². The van der Waals surface area contributed by atoms with E-state index < -0.39 is 0 Å². The van der Waals surface area contributed by atoms with Gasteiger partial charge in [0.25, 0.3) is 0 Å². The van der Waals surface area contributed by atoms with E-state index >= 15 is 0 Å². The summed E-state index contributed by atoms with van der Waals surface area (Å²) < 4.78 is 5.26. The standard InChI is InChI=1S/C16H25N3O2/c1-11(19-9-5-8-16(19,2)3)15(20)18-13-10-12(17)6-7-14(13)21-4/h6-7,10-11H,5,8-9,17H2,1-4H3,(H,18,20). The summed E-state index contributed by atoms with van der Waals surface area (Å²) >= 11 is 0. The fourth-order valence-electron chi connectivity index (χ4n) is 3.05. The lowest BCUT2D eigenvalue weighted by molar-refractivity contribution is -0.122. The lowest BCUT2D eigenvalue weighted by atomic mass is 10.0. The number of carbonyl (C=O) groups is 1. The molecule has 1 unspecified atom stereocenters. The quantitative estimate of drug-likeness (QED) is 0.836. The third-order valence-corrected chi connectivity index (χ3v) is 4.29. The van der Waals surface area contributed by atoms with Gasteiger partial charge in [0.2, 0.25) is 5.91 Å². The average molecular weight is 291 g/mol. The molecule has 0 bridgehead atoms. The molecular formula is C16H25N3O2. The van der Waals surface area contributed by atoms with Crippen LogP contribution in [-0.2, 0) is 4.79 Å². The van der Waals surface area contributed by atoms with Crippen LogP contribution in [0.3, 0.4) is 0 Å². The van der Waals surface area contributed by atoms with E-state index in [2.05, 4.69) is 24.1 Å². The predicted molar refractivity (Wildman–Crippen MR) is 85.5 cm³/mol. The molecule has 2 rings (SSSR count). The monoisotopic (exact) mass is 291 g/mol. The van der Waals surface area contributed by atoms with E-state index in [9.17, 15) is 4.79 Å². The molecule has 5 nitrogen and oxygen atoms in total. The number of likely N-dealkylation sites (tertiary alicyclic amines) is 1. The second-order valence-electron chi connectivity index (χ2n) is 6.23. The van der Waals surface area contributed by atoms with E-state index in [-0.39, 0.29) is 17.5 Å². The molecule has 1 amide bonds. The number of nitrogens with one attached hydrogen (secondary N) is 1. The van der Waals surface area contributed by atoms with Crippen LogP contribution in [0.25, 0.3) is 0 Å². The van der Waals surface area contributed by atoms with Gasteiger partial charge in [-0.2, -0.15) is 0 Å². The molecule has 0 aromatic heterocycles. The first-order valence-corrected chi connectivity index (χ1v) is 7.36. The zero-order valence-electron chi connectivity index (χ0n) is 13.3. The van der Waals surface area contributed by atoms with Gasteiger partial charge in [0.1, 0.15) is 5.75 Å². The highest BCUT2D eigenvalue weighted by Crippen LogP contribution is 2.31. The Morgan fingerprint density at radius 3 is 2.76 bits per heavy atom. The summed E-state index contributed by atoms with van der Waals surface area (Å²) in [6.45, 7) is 7.27. The van der Waals surface area contributed by atoms with Crippen LogP contribution in [0.1, 0.15) is 33.6 Å². The fourth-order valence-corrected chi connectivity index (χ4v) is 3.05. The van der Waals surface area contributed by atoms with Gasteiger partial charge >= 0.3 is 0 Å². The molecule has 0 saturated carbocycles. The number of nitrogens with zero attached hydrogens (tertiary/aromatic N) is 1. The van der Waals surface area contributed by atoms with E-state index in [1.54, 1.807) is 25.3 Å².